The van der Waals surface area contributed by atoms with Gasteiger partial charge in [0.2, 0.25) is 0 Å². The number of hydrogen-bond donors (Lipinski definition) is 2. The number of hydrogen-bond acceptors (Lipinski definition) is 5. The van der Waals surface area contributed by atoms with Crippen LogP contribution in [0.2, 0.25) is 0 Å². The number of benzene rings is 2. The van der Waals surface area contributed by atoms with Crippen LogP contribution in [0.25, 0.3) is 0 Å². The third kappa shape index (κ3) is 6.65. The van der Waals surface area contributed by atoms with E-state index in [-0.39, 0.29) is 11.5 Å². The molecule has 0 heterocycles. The maximum absolute atomic E-state index is 12.4. The first-order chi connectivity index (χ1) is 14.8. The van der Waals surface area contributed by atoms with E-state index in [1.54, 1.807) is 13.0 Å². The van der Waals surface area contributed by atoms with Crippen molar-refractivity contribution in [1.29, 1.82) is 0 Å². The van der Waals surface area contributed by atoms with Crippen molar-refractivity contribution in [2.45, 2.75) is 77.7 Å². The summed E-state index contributed by atoms with van der Waals surface area (Å²) in [5, 5.41) is 20.7. The van der Waals surface area contributed by atoms with E-state index in [9.17, 15) is 15.0 Å². The van der Waals surface area contributed by atoms with Gasteiger partial charge in [-0.05, 0) is 31.0 Å². The number of carbonyl (C=O) groups is 1. The quantitative estimate of drug-likeness (QED) is 0.243. The molecule has 0 bridgehead atoms. The van der Waals surface area contributed by atoms with E-state index in [2.05, 4.69) is 6.92 Å². The molecule has 5 heteroatoms. The van der Waals surface area contributed by atoms with Crippen molar-refractivity contribution in [2.24, 2.45) is 0 Å². The topological polar surface area (TPSA) is 76.0 Å². The monoisotopic (exact) mass is 428 g/mol. The van der Waals surface area contributed by atoms with Gasteiger partial charge in [-0.2, -0.15) is 0 Å². The number of rotatable bonds is 12. The van der Waals surface area contributed by atoms with Crippen molar-refractivity contribution in [3.63, 3.8) is 0 Å². The summed E-state index contributed by atoms with van der Waals surface area (Å²) in [5.41, 5.74) is 0.704. The maximum Gasteiger partial charge on any atom is 0.347 e. The van der Waals surface area contributed by atoms with Gasteiger partial charge in [0, 0.05) is 11.0 Å². The van der Waals surface area contributed by atoms with Crippen LogP contribution in [-0.2, 0) is 14.9 Å². The van der Waals surface area contributed by atoms with E-state index in [4.69, 9.17) is 9.47 Å². The Kier molecular flexibility index (Phi) is 9.22. The standard InChI is InChI=1S/C26H36O5/c1-5-6-7-8-9-13-18-30-25(29)19(2)31-22-17-16-21(27)24(28)23(22)26(3,4)20-14-11-10-12-15-20/h10-12,14-17,19,27-28H,5-9,13,18H2,1-4H3. The van der Waals surface area contributed by atoms with Gasteiger partial charge in [0.15, 0.2) is 17.6 Å². The molecule has 170 valence electrons. The van der Waals surface area contributed by atoms with Gasteiger partial charge in [0.25, 0.3) is 0 Å². The smallest absolute Gasteiger partial charge is 0.347 e. The van der Waals surface area contributed by atoms with Gasteiger partial charge in [-0.15, -0.1) is 0 Å². The molecule has 0 aliphatic carbocycles. The van der Waals surface area contributed by atoms with Gasteiger partial charge >= 0.3 is 5.97 Å². The highest BCUT2D eigenvalue weighted by Crippen LogP contribution is 2.46. The molecule has 1 unspecified atom stereocenters. The molecule has 2 aromatic rings. The van der Waals surface area contributed by atoms with Crippen LogP contribution in [0.3, 0.4) is 0 Å². The zero-order valence-electron chi connectivity index (χ0n) is 19.2. The molecule has 0 aliphatic rings. The van der Waals surface area contributed by atoms with Crippen LogP contribution in [0.15, 0.2) is 42.5 Å². The highest BCUT2D eigenvalue weighted by Gasteiger charge is 2.32. The average molecular weight is 429 g/mol. The maximum atomic E-state index is 12.4. The lowest BCUT2D eigenvalue weighted by Crippen LogP contribution is -2.28. The van der Waals surface area contributed by atoms with E-state index >= 15 is 0 Å². The Balaban J connectivity index is 2.08. The highest BCUT2D eigenvalue weighted by molar-refractivity contribution is 5.75. The number of phenolic OH excluding ortho intramolecular Hbond substituents is 2. The minimum absolute atomic E-state index is 0.232. The molecule has 0 saturated heterocycles. The van der Waals surface area contributed by atoms with Crippen molar-refractivity contribution in [3.05, 3.63) is 53.6 Å². The Labute approximate surface area is 186 Å². The van der Waals surface area contributed by atoms with Gasteiger partial charge in [-0.25, -0.2) is 4.79 Å². The summed E-state index contributed by atoms with van der Waals surface area (Å²) in [7, 11) is 0. The second kappa shape index (κ2) is 11.6. The summed E-state index contributed by atoms with van der Waals surface area (Å²) in [6.45, 7) is 8.06. The molecule has 0 spiro atoms. The molecule has 2 rings (SSSR count). The van der Waals surface area contributed by atoms with Crippen LogP contribution in [0.1, 0.15) is 77.3 Å². The minimum atomic E-state index is -0.839. The van der Waals surface area contributed by atoms with E-state index < -0.39 is 17.5 Å². The second-order valence-electron chi connectivity index (χ2n) is 8.49. The van der Waals surface area contributed by atoms with Crippen LogP contribution in [0.5, 0.6) is 17.2 Å². The lowest BCUT2D eigenvalue weighted by Gasteiger charge is -2.30. The number of carbonyl (C=O) groups excluding carboxylic acids is 1. The Morgan fingerprint density at radius 1 is 0.968 bits per heavy atom. The summed E-state index contributed by atoms with van der Waals surface area (Å²) in [5.74, 6) is -0.582. The highest BCUT2D eigenvalue weighted by atomic mass is 16.6. The van der Waals surface area contributed by atoms with E-state index in [1.807, 2.05) is 44.2 Å². The molecule has 0 saturated carbocycles. The Morgan fingerprint density at radius 3 is 2.29 bits per heavy atom. The van der Waals surface area contributed by atoms with Gasteiger partial charge in [-0.1, -0.05) is 83.2 Å². The first-order valence-electron chi connectivity index (χ1n) is 11.2. The zero-order chi connectivity index (χ0) is 22.9. The third-order valence-electron chi connectivity index (χ3n) is 5.62. The number of esters is 1. The molecule has 0 fully saturated rings. The number of unbranched alkanes of at least 4 members (excludes halogenated alkanes) is 5. The molecular weight excluding hydrogens is 392 g/mol. The normalized spacial score (nSPS) is 12.4. The summed E-state index contributed by atoms with van der Waals surface area (Å²) in [6, 6.07) is 12.6. The molecule has 0 aromatic heterocycles. The summed E-state index contributed by atoms with van der Waals surface area (Å²) in [6.07, 6.45) is 5.87. The van der Waals surface area contributed by atoms with Gasteiger partial charge in [-0.3, -0.25) is 0 Å². The SMILES string of the molecule is CCCCCCCCOC(=O)C(C)Oc1ccc(O)c(O)c1C(C)(C)c1ccccc1. The molecule has 2 N–H and O–H groups in total. The van der Waals surface area contributed by atoms with Crippen LogP contribution in [0.4, 0.5) is 0 Å². The van der Waals surface area contributed by atoms with Crippen LogP contribution in [-0.4, -0.2) is 28.9 Å². The summed E-state index contributed by atoms with van der Waals surface area (Å²) >= 11 is 0. The fraction of sp³-hybridized carbons (Fsp3) is 0.500. The third-order valence-corrected chi connectivity index (χ3v) is 5.62. The Morgan fingerprint density at radius 2 is 1.61 bits per heavy atom. The molecule has 0 aliphatic heterocycles. The molecule has 5 nitrogen and oxygen atoms in total. The van der Waals surface area contributed by atoms with Crippen molar-refractivity contribution in [2.75, 3.05) is 6.61 Å². The van der Waals surface area contributed by atoms with Crippen LogP contribution < -0.4 is 4.74 Å². The van der Waals surface area contributed by atoms with E-state index in [0.29, 0.717) is 17.9 Å². The lowest BCUT2D eigenvalue weighted by atomic mass is 9.77. The van der Waals surface area contributed by atoms with Crippen LogP contribution in [0, 0.1) is 0 Å². The van der Waals surface area contributed by atoms with E-state index in [1.165, 1.54) is 25.3 Å². The summed E-state index contributed by atoms with van der Waals surface area (Å²) in [4.78, 5) is 12.4. The van der Waals surface area contributed by atoms with Crippen molar-refractivity contribution < 1.29 is 24.5 Å². The predicted molar refractivity (Wildman–Crippen MR) is 123 cm³/mol. The number of aromatic hydroxyl groups is 2. The predicted octanol–water partition coefficient (Wildman–Crippen LogP) is 6.09. The summed E-state index contributed by atoms with van der Waals surface area (Å²) < 4.78 is 11.3. The fourth-order valence-corrected chi connectivity index (χ4v) is 3.67. The molecule has 0 amide bonds. The van der Waals surface area contributed by atoms with Crippen molar-refractivity contribution in [3.8, 4) is 17.2 Å². The Bertz CT molecular complexity index is 829. The molecule has 1 atom stereocenters. The first kappa shape index (κ1) is 24.6. The Hall–Kier alpha value is -2.69. The zero-order valence-corrected chi connectivity index (χ0v) is 19.2. The lowest BCUT2D eigenvalue weighted by molar-refractivity contribution is -0.151. The largest absolute Gasteiger partial charge is 0.504 e. The van der Waals surface area contributed by atoms with Gasteiger partial charge < -0.3 is 19.7 Å². The fourth-order valence-electron chi connectivity index (χ4n) is 3.67. The van der Waals surface area contributed by atoms with Gasteiger partial charge in [0.1, 0.15) is 5.75 Å². The number of phenols is 2. The molecule has 0 radical (unpaired) electrons. The number of ether oxygens (including phenoxy) is 2. The second-order valence-corrected chi connectivity index (χ2v) is 8.49. The van der Waals surface area contributed by atoms with Crippen molar-refractivity contribution >= 4 is 5.97 Å². The molecular formula is C26H36O5. The van der Waals surface area contributed by atoms with Gasteiger partial charge in [0.05, 0.1) is 6.61 Å². The van der Waals surface area contributed by atoms with E-state index in [0.717, 1.165) is 24.8 Å². The molecule has 2 aromatic carbocycles. The molecule has 31 heavy (non-hydrogen) atoms. The van der Waals surface area contributed by atoms with Crippen LogP contribution >= 0.6 is 0 Å². The minimum Gasteiger partial charge on any atom is -0.504 e. The first-order valence-corrected chi connectivity index (χ1v) is 11.2. The van der Waals surface area contributed by atoms with Crippen molar-refractivity contribution in [1.82, 2.24) is 0 Å². The average Bonchev–Trinajstić information content (AvgIpc) is 2.76.